The molecule has 0 aliphatic carbocycles. The van der Waals surface area contributed by atoms with E-state index >= 15 is 0 Å². The molecule has 4 nitrogen and oxygen atoms in total. The monoisotopic (exact) mass is 184 g/mol. The van der Waals surface area contributed by atoms with Gasteiger partial charge in [0.2, 0.25) is 0 Å². The van der Waals surface area contributed by atoms with Gasteiger partial charge in [0.05, 0.1) is 0 Å². The van der Waals surface area contributed by atoms with E-state index in [4.69, 9.17) is 15.6 Å². The van der Waals surface area contributed by atoms with E-state index in [1.807, 2.05) is 26.0 Å². The number of rotatable bonds is 2. The fraction of sp³-hybridized carbons (Fsp3) is 0.222. The highest BCUT2D eigenvalue weighted by molar-refractivity contribution is 5.61. The summed E-state index contributed by atoms with van der Waals surface area (Å²) in [5.41, 5.74) is 11.4. The summed E-state index contributed by atoms with van der Waals surface area (Å²) in [4.78, 5) is 8.78. The lowest BCUT2D eigenvalue weighted by molar-refractivity contribution is 0.205. The van der Waals surface area contributed by atoms with Gasteiger partial charge in [-0.3, -0.25) is 0 Å². The summed E-state index contributed by atoms with van der Waals surface area (Å²) < 4.78 is 0. The van der Waals surface area contributed by atoms with Crippen molar-refractivity contribution in [2.75, 3.05) is 0 Å². The number of hydrogen-bond acceptors (Lipinski definition) is 2. The maximum Gasteiger partial charge on any atom is 0.402 e. The lowest BCUT2D eigenvalue weighted by Crippen LogP contribution is -2.03. The first-order valence-corrected chi connectivity index (χ1v) is 3.65. The van der Waals surface area contributed by atoms with Crippen molar-refractivity contribution in [3.63, 3.8) is 0 Å². The molecule has 0 heterocycles. The first kappa shape index (κ1) is 13.9. The van der Waals surface area contributed by atoms with Gasteiger partial charge >= 0.3 is 6.09 Å². The normalized spacial score (nSPS) is 11.2. The average molecular weight is 184 g/mol. The lowest BCUT2D eigenvalue weighted by atomic mass is 10.2. The Morgan fingerprint density at radius 2 is 1.85 bits per heavy atom. The predicted molar refractivity (Wildman–Crippen MR) is 54.1 cm³/mol. The van der Waals surface area contributed by atoms with Gasteiger partial charge in [-0.25, -0.2) is 4.79 Å². The molecule has 13 heavy (non-hydrogen) atoms. The van der Waals surface area contributed by atoms with Gasteiger partial charge in [0.25, 0.3) is 0 Å². The van der Waals surface area contributed by atoms with Gasteiger partial charge in [-0.1, -0.05) is 18.7 Å². The molecule has 5 N–H and O–H groups in total. The van der Waals surface area contributed by atoms with E-state index in [-0.39, 0.29) is 0 Å². The van der Waals surface area contributed by atoms with Gasteiger partial charge in [0, 0.05) is 5.70 Å². The Labute approximate surface area is 78.2 Å². The Kier molecular flexibility index (Phi) is 8.94. The number of nitrogens with two attached hydrogens (primary N) is 2. The molecule has 0 radical (unpaired) electrons. The quantitative estimate of drug-likeness (QED) is 0.569. The van der Waals surface area contributed by atoms with Crippen LogP contribution < -0.4 is 11.5 Å². The molecule has 0 aromatic rings. The second kappa shape index (κ2) is 8.39. The zero-order valence-corrected chi connectivity index (χ0v) is 7.95. The van der Waals surface area contributed by atoms with Crippen LogP contribution in [0.25, 0.3) is 0 Å². The molecule has 1 amide bonds. The Bertz CT molecular complexity index is 226. The van der Waals surface area contributed by atoms with Crippen LogP contribution in [0.2, 0.25) is 0 Å². The van der Waals surface area contributed by atoms with Crippen LogP contribution in [0, 0.1) is 0 Å². The van der Waals surface area contributed by atoms with Crippen LogP contribution in [0.3, 0.4) is 0 Å². The number of hydrogen-bond donors (Lipinski definition) is 3. The van der Waals surface area contributed by atoms with E-state index in [2.05, 4.69) is 12.3 Å². The average Bonchev–Trinajstić information content (AvgIpc) is 2.03. The van der Waals surface area contributed by atoms with Gasteiger partial charge in [0.1, 0.15) is 0 Å². The number of primary amides is 1. The molecule has 0 saturated carbocycles. The third kappa shape index (κ3) is 17.9. The van der Waals surface area contributed by atoms with E-state index in [1.54, 1.807) is 6.08 Å². The minimum atomic E-state index is -1.33. The van der Waals surface area contributed by atoms with Crippen LogP contribution in [0.15, 0.2) is 36.1 Å². The van der Waals surface area contributed by atoms with Gasteiger partial charge in [-0.05, 0) is 25.5 Å². The SMILES string of the molecule is C=C/C(C)=C\C(N)=C/C.NC(=O)O. The van der Waals surface area contributed by atoms with Gasteiger partial charge in [0.15, 0.2) is 0 Å². The van der Waals surface area contributed by atoms with Crippen molar-refractivity contribution >= 4 is 6.09 Å². The van der Waals surface area contributed by atoms with Crippen molar-refractivity contribution in [2.24, 2.45) is 11.5 Å². The Hall–Kier alpha value is -1.71. The van der Waals surface area contributed by atoms with Crippen molar-refractivity contribution in [2.45, 2.75) is 13.8 Å². The summed E-state index contributed by atoms with van der Waals surface area (Å²) in [7, 11) is 0. The van der Waals surface area contributed by atoms with Crippen molar-refractivity contribution < 1.29 is 9.90 Å². The molecule has 0 aromatic carbocycles. The second-order valence-corrected chi connectivity index (χ2v) is 2.22. The van der Waals surface area contributed by atoms with E-state index in [0.717, 1.165) is 11.3 Å². The number of carboxylic acid groups (broad SMARTS) is 1. The molecular formula is C9H16N2O2. The van der Waals surface area contributed by atoms with Gasteiger partial charge < -0.3 is 16.6 Å². The van der Waals surface area contributed by atoms with E-state index in [1.165, 1.54) is 0 Å². The van der Waals surface area contributed by atoms with Gasteiger partial charge in [-0.15, -0.1) is 0 Å². The van der Waals surface area contributed by atoms with Crippen LogP contribution in [-0.4, -0.2) is 11.2 Å². The third-order valence-corrected chi connectivity index (χ3v) is 1.05. The Balaban J connectivity index is 0. The largest absolute Gasteiger partial charge is 0.465 e. The summed E-state index contributed by atoms with van der Waals surface area (Å²) in [6.45, 7) is 7.46. The molecule has 74 valence electrons. The predicted octanol–water partition coefficient (Wildman–Crippen LogP) is 1.60. The molecule has 0 bridgehead atoms. The highest BCUT2D eigenvalue weighted by Crippen LogP contribution is 1.96. The molecular weight excluding hydrogens is 168 g/mol. The summed E-state index contributed by atoms with van der Waals surface area (Å²) >= 11 is 0. The van der Waals surface area contributed by atoms with Crippen molar-refractivity contribution in [3.8, 4) is 0 Å². The summed E-state index contributed by atoms with van der Waals surface area (Å²) in [6.07, 6.45) is 4.18. The maximum atomic E-state index is 8.78. The van der Waals surface area contributed by atoms with E-state index < -0.39 is 6.09 Å². The Morgan fingerprint density at radius 1 is 1.46 bits per heavy atom. The molecule has 0 aromatic heterocycles. The van der Waals surface area contributed by atoms with Crippen LogP contribution in [0.5, 0.6) is 0 Å². The summed E-state index contributed by atoms with van der Waals surface area (Å²) in [5, 5.41) is 7.19. The zero-order chi connectivity index (χ0) is 10.9. The minimum Gasteiger partial charge on any atom is -0.465 e. The molecule has 0 aliphatic heterocycles. The maximum absolute atomic E-state index is 8.78. The van der Waals surface area contributed by atoms with E-state index in [9.17, 15) is 0 Å². The second-order valence-electron chi connectivity index (χ2n) is 2.22. The topological polar surface area (TPSA) is 89.3 Å². The molecule has 4 heteroatoms. The standard InChI is InChI=1S/C8H13N.CH3NO2/c1-4-7(3)6-8(9)5-2;2-1(3)4/h4-6H,1,9H2,2-3H3;2H2,(H,3,4)/b7-6-,8-5+;. The first-order valence-electron chi connectivity index (χ1n) is 3.65. The Morgan fingerprint density at radius 3 is 2.08 bits per heavy atom. The van der Waals surface area contributed by atoms with Crippen molar-refractivity contribution in [3.05, 3.63) is 36.1 Å². The smallest absolute Gasteiger partial charge is 0.402 e. The minimum absolute atomic E-state index is 0.785. The first-order chi connectivity index (χ1) is 5.93. The van der Waals surface area contributed by atoms with Gasteiger partial charge in [-0.2, -0.15) is 0 Å². The third-order valence-electron chi connectivity index (χ3n) is 1.05. The summed E-state index contributed by atoms with van der Waals surface area (Å²) in [5.74, 6) is 0. The molecule has 0 fully saturated rings. The van der Waals surface area contributed by atoms with Crippen LogP contribution in [0.4, 0.5) is 4.79 Å². The zero-order valence-electron chi connectivity index (χ0n) is 7.95. The van der Waals surface area contributed by atoms with Crippen LogP contribution in [0.1, 0.15) is 13.8 Å². The number of allylic oxidation sites excluding steroid dienone is 4. The molecule has 0 aliphatic rings. The molecule has 0 rings (SSSR count). The van der Waals surface area contributed by atoms with E-state index in [0.29, 0.717) is 0 Å². The molecule has 0 saturated heterocycles. The molecule has 0 spiro atoms. The number of carbonyl (C=O) groups is 1. The lowest BCUT2D eigenvalue weighted by Gasteiger charge is -1.90. The highest BCUT2D eigenvalue weighted by Gasteiger charge is 1.80. The number of amides is 1. The molecule has 0 unspecified atom stereocenters. The highest BCUT2D eigenvalue weighted by atomic mass is 16.4. The van der Waals surface area contributed by atoms with Crippen LogP contribution in [-0.2, 0) is 0 Å². The fourth-order valence-electron chi connectivity index (χ4n) is 0.405. The van der Waals surface area contributed by atoms with Crippen molar-refractivity contribution in [1.29, 1.82) is 0 Å². The fourth-order valence-corrected chi connectivity index (χ4v) is 0.405. The van der Waals surface area contributed by atoms with Crippen molar-refractivity contribution in [1.82, 2.24) is 0 Å². The van der Waals surface area contributed by atoms with Crippen LogP contribution >= 0.6 is 0 Å². The molecule has 0 atom stereocenters. The summed E-state index contributed by atoms with van der Waals surface area (Å²) in [6, 6.07) is 0.